The van der Waals surface area contributed by atoms with E-state index in [1.54, 1.807) is 7.05 Å². The Balaban J connectivity index is 0.00000320. The molecule has 166 valence electrons. The maximum atomic E-state index is 5.40. The molecule has 2 aromatic rings. The number of guanidine groups is 1. The fourth-order valence-corrected chi connectivity index (χ4v) is 3.67. The van der Waals surface area contributed by atoms with Crippen LogP contribution in [0.4, 0.5) is 0 Å². The van der Waals surface area contributed by atoms with Gasteiger partial charge in [-0.2, -0.15) is 0 Å². The molecule has 1 aliphatic heterocycles. The van der Waals surface area contributed by atoms with Crippen LogP contribution in [0.3, 0.4) is 0 Å². The first-order valence-corrected chi connectivity index (χ1v) is 10.8. The Morgan fingerprint density at radius 1 is 1.07 bits per heavy atom. The van der Waals surface area contributed by atoms with E-state index in [1.165, 1.54) is 49.9 Å². The van der Waals surface area contributed by atoms with E-state index in [2.05, 4.69) is 63.8 Å². The Bertz CT molecular complexity index is 781. The third-order valence-corrected chi connectivity index (χ3v) is 5.48. The second-order valence-corrected chi connectivity index (χ2v) is 8.11. The average Bonchev–Trinajstić information content (AvgIpc) is 3.06. The number of likely N-dealkylation sites (tertiary alicyclic amines) is 1. The Morgan fingerprint density at radius 2 is 1.73 bits per heavy atom. The Labute approximate surface area is 197 Å². The number of halogens is 1. The zero-order chi connectivity index (χ0) is 20.5. The Kier molecular flexibility index (Phi) is 10.6. The highest BCUT2D eigenvalue weighted by atomic mass is 127. The quantitative estimate of drug-likeness (QED) is 0.313. The summed E-state index contributed by atoms with van der Waals surface area (Å²) in [7, 11) is 1.79. The summed E-state index contributed by atoms with van der Waals surface area (Å²) in [6.07, 6.45) is 5.37. The van der Waals surface area contributed by atoms with E-state index in [9.17, 15) is 0 Å². The number of nitrogens with one attached hydrogen (secondary N) is 2. The highest BCUT2D eigenvalue weighted by Crippen LogP contribution is 2.16. The summed E-state index contributed by atoms with van der Waals surface area (Å²) in [5.41, 5.74) is 3.70. The van der Waals surface area contributed by atoms with Crippen LogP contribution >= 0.6 is 24.0 Å². The lowest BCUT2D eigenvalue weighted by molar-refractivity contribution is 0.276. The van der Waals surface area contributed by atoms with Gasteiger partial charge in [0.1, 0.15) is 0 Å². The van der Waals surface area contributed by atoms with Crippen molar-refractivity contribution in [3.8, 4) is 0 Å². The molecule has 0 aliphatic carbocycles. The topological polar surface area (TPSA) is 65.7 Å². The van der Waals surface area contributed by atoms with Gasteiger partial charge in [0.2, 0.25) is 0 Å². The molecule has 0 saturated carbocycles. The standard InChI is InChI=1S/C23H35N5O.HI/c1-18(2)22-14-21(29-27-22)16-26-23(24-3)25-15-19-10-6-7-11-20(19)17-28-12-8-4-5-9-13-28;/h6-7,10-11,14,18H,4-5,8-9,12-13,15-17H2,1-3H3,(H2,24,25,26);1H. The second-order valence-electron chi connectivity index (χ2n) is 8.11. The maximum absolute atomic E-state index is 5.40. The molecule has 0 bridgehead atoms. The molecule has 1 aromatic carbocycles. The summed E-state index contributed by atoms with van der Waals surface area (Å²) < 4.78 is 5.40. The van der Waals surface area contributed by atoms with Gasteiger partial charge in [-0.1, -0.05) is 56.1 Å². The van der Waals surface area contributed by atoms with Gasteiger partial charge in [0, 0.05) is 26.2 Å². The smallest absolute Gasteiger partial charge is 0.191 e. The van der Waals surface area contributed by atoms with Crippen molar-refractivity contribution in [3.63, 3.8) is 0 Å². The number of rotatable bonds is 7. The first-order chi connectivity index (χ1) is 14.2. The largest absolute Gasteiger partial charge is 0.359 e. The minimum atomic E-state index is 0. The van der Waals surface area contributed by atoms with Crippen molar-refractivity contribution >= 4 is 29.9 Å². The third-order valence-electron chi connectivity index (χ3n) is 5.48. The first-order valence-electron chi connectivity index (χ1n) is 10.8. The van der Waals surface area contributed by atoms with Crippen molar-refractivity contribution in [2.45, 2.75) is 65.1 Å². The predicted molar refractivity (Wildman–Crippen MR) is 133 cm³/mol. The van der Waals surface area contributed by atoms with Crippen molar-refractivity contribution in [3.05, 3.63) is 52.9 Å². The normalized spacial score (nSPS) is 15.5. The molecule has 0 radical (unpaired) electrons. The fraction of sp³-hybridized carbons (Fsp3) is 0.565. The van der Waals surface area contributed by atoms with Crippen LogP contribution in [0.25, 0.3) is 0 Å². The molecule has 30 heavy (non-hydrogen) atoms. The lowest BCUT2D eigenvalue weighted by Gasteiger charge is -2.22. The van der Waals surface area contributed by atoms with Crippen molar-refractivity contribution in [2.75, 3.05) is 20.1 Å². The number of nitrogens with zero attached hydrogens (tertiary/aromatic N) is 3. The lowest BCUT2D eigenvalue weighted by atomic mass is 10.1. The van der Waals surface area contributed by atoms with Crippen LogP contribution in [0.5, 0.6) is 0 Å². The van der Waals surface area contributed by atoms with Gasteiger partial charge in [-0.25, -0.2) is 0 Å². The molecule has 1 saturated heterocycles. The zero-order valence-corrected chi connectivity index (χ0v) is 20.8. The molecule has 1 aromatic heterocycles. The maximum Gasteiger partial charge on any atom is 0.191 e. The molecular formula is C23H36IN5O. The van der Waals surface area contributed by atoms with E-state index < -0.39 is 0 Å². The van der Waals surface area contributed by atoms with Gasteiger partial charge in [0.05, 0.1) is 12.2 Å². The van der Waals surface area contributed by atoms with E-state index in [4.69, 9.17) is 4.52 Å². The van der Waals surface area contributed by atoms with Crippen LogP contribution in [0.1, 0.15) is 68.0 Å². The highest BCUT2D eigenvalue weighted by molar-refractivity contribution is 14.0. The molecule has 2 heterocycles. The molecule has 0 atom stereocenters. The Morgan fingerprint density at radius 3 is 2.37 bits per heavy atom. The van der Waals surface area contributed by atoms with Crippen LogP contribution in [0.15, 0.2) is 39.8 Å². The summed E-state index contributed by atoms with van der Waals surface area (Å²) in [6.45, 7) is 8.98. The van der Waals surface area contributed by atoms with Crippen molar-refractivity contribution in [1.82, 2.24) is 20.7 Å². The van der Waals surface area contributed by atoms with Crippen LogP contribution in [0.2, 0.25) is 0 Å². The van der Waals surface area contributed by atoms with Gasteiger partial charge in [-0.05, 0) is 43.0 Å². The summed E-state index contributed by atoms with van der Waals surface area (Å²) in [5, 5.41) is 10.9. The van der Waals surface area contributed by atoms with Crippen molar-refractivity contribution in [2.24, 2.45) is 4.99 Å². The number of aliphatic imine (C=N–C) groups is 1. The van der Waals surface area contributed by atoms with Crippen LogP contribution in [0, 0.1) is 0 Å². The Hall–Kier alpha value is -1.61. The molecule has 3 rings (SSSR count). The van der Waals surface area contributed by atoms with Gasteiger partial charge < -0.3 is 15.2 Å². The molecule has 7 heteroatoms. The molecule has 0 amide bonds. The van der Waals surface area contributed by atoms with Gasteiger partial charge in [-0.3, -0.25) is 9.89 Å². The highest BCUT2D eigenvalue weighted by Gasteiger charge is 2.12. The average molecular weight is 525 g/mol. The van der Waals surface area contributed by atoms with Crippen LogP contribution in [-0.4, -0.2) is 36.2 Å². The number of hydrogen-bond donors (Lipinski definition) is 2. The molecule has 6 nitrogen and oxygen atoms in total. The molecule has 0 spiro atoms. The molecule has 1 aliphatic rings. The van der Waals surface area contributed by atoms with E-state index >= 15 is 0 Å². The minimum Gasteiger partial charge on any atom is -0.359 e. The van der Waals surface area contributed by atoms with Crippen LogP contribution in [-0.2, 0) is 19.6 Å². The van der Waals surface area contributed by atoms with Gasteiger partial charge in [0.25, 0.3) is 0 Å². The van der Waals surface area contributed by atoms with E-state index in [0.29, 0.717) is 12.5 Å². The van der Waals surface area contributed by atoms with Crippen molar-refractivity contribution in [1.29, 1.82) is 0 Å². The summed E-state index contributed by atoms with van der Waals surface area (Å²) in [4.78, 5) is 6.93. The molecule has 0 unspecified atom stereocenters. The summed E-state index contributed by atoms with van der Waals surface area (Å²) in [6, 6.07) is 10.7. The van der Waals surface area contributed by atoms with Crippen molar-refractivity contribution < 1.29 is 4.52 Å². The molecular weight excluding hydrogens is 489 g/mol. The van der Waals surface area contributed by atoms with E-state index in [1.807, 2.05) is 6.07 Å². The third kappa shape index (κ3) is 7.58. The van der Waals surface area contributed by atoms with E-state index in [0.717, 1.165) is 30.5 Å². The molecule has 2 N–H and O–H groups in total. The number of hydrogen-bond acceptors (Lipinski definition) is 4. The van der Waals surface area contributed by atoms with Gasteiger partial charge in [0.15, 0.2) is 11.7 Å². The van der Waals surface area contributed by atoms with E-state index in [-0.39, 0.29) is 24.0 Å². The second kappa shape index (κ2) is 12.9. The monoisotopic (exact) mass is 525 g/mol. The van der Waals surface area contributed by atoms with Gasteiger partial charge in [-0.15, -0.1) is 24.0 Å². The SMILES string of the molecule is CN=C(NCc1cc(C(C)C)no1)NCc1ccccc1CN1CCCCCC1.I. The zero-order valence-electron chi connectivity index (χ0n) is 18.5. The minimum absolute atomic E-state index is 0. The predicted octanol–water partition coefficient (Wildman–Crippen LogP) is 4.66. The summed E-state index contributed by atoms with van der Waals surface area (Å²) in [5.74, 6) is 1.95. The lowest BCUT2D eigenvalue weighted by Crippen LogP contribution is -2.36. The number of aromatic nitrogens is 1. The first kappa shape index (κ1) is 24.7. The summed E-state index contributed by atoms with van der Waals surface area (Å²) >= 11 is 0. The fourth-order valence-electron chi connectivity index (χ4n) is 3.67. The number of benzene rings is 1. The van der Waals surface area contributed by atoms with Gasteiger partial charge >= 0.3 is 0 Å². The molecule has 1 fully saturated rings. The van der Waals surface area contributed by atoms with Crippen LogP contribution < -0.4 is 10.6 Å².